The Morgan fingerprint density at radius 2 is 2.12 bits per heavy atom. The lowest BCUT2D eigenvalue weighted by Crippen LogP contribution is -2.09. The van der Waals surface area contributed by atoms with Crippen molar-refractivity contribution in [2.24, 2.45) is 5.84 Å². The highest BCUT2D eigenvalue weighted by Gasteiger charge is 2.05. The zero-order chi connectivity index (χ0) is 11.6. The first-order valence-electron chi connectivity index (χ1n) is 5.31. The SMILES string of the molecule is CCCCOCCOCc1nnsc1NN. The van der Waals surface area contributed by atoms with Gasteiger partial charge in [-0.3, -0.25) is 0 Å². The number of nitrogens with two attached hydrogens (primary N) is 1. The number of anilines is 1. The molecule has 0 spiro atoms. The van der Waals surface area contributed by atoms with Gasteiger partial charge < -0.3 is 14.9 Å². The maximum Gasteiger partial charge on any atom is 0.149 e. The maximum atomic E-state index is 5.38. The number of nitrogens with one attached hydrogen (secondary N) is 1. The summed E-state index contributed by atoms with van der Waals surface area (Å²) in [6.07, 6.45) is 2.24. The summed E-state index contributed by atoms with van der Waals surface area (Å²) in [6.45, 7) is 4.52. The second-order valence-corrected chi connectivity index (χ2v) is 3.97. The number of hydrogen-bond acceptors (Lipinski definition) is 7. The smallest absolute Gasteiger partial charge is 0.149 e. The van der Waals surface area contributed by atoms with Crippen molar-refractivity contribution in [2.75, 3.05) is 25.2 Å². The summed E-state index contributed by atoms with van der Waals surface area (Å²) in [4.78, 5) is 0. The highest BCUT2D eigenvalue weighted by molar-refractivity contribution is 7.10. The zero-order valence-electron chi connectivity index (χ0n) is 9.44. The number of rotatable bonds is 9. The zero-order valence-corrected chi connectivity index (χ0v) is 10.3. The van der Waals surface area contributed by atoms with Crippen LogP contribution >= 0.6 is 11.5 Å². The fourth-order valence-electron chi connectivity index (χ4n) is 1.05. The van der Waals surface area contributed by atoms with Crippen molar-refractivity contribution in [3.8, 4) is 0 Å². The molecule has 0 aliphatic rings. The van der Waals surface area contributed by atoms with Crippen molar-refractivity contribution < 1.29 is 9.47 Å². The standard InChI is InChI=1S/C9H18N4O2S/c1-2-3-4-14-5-6-15-7-8-9(11-10)16-13-12-8/h11H,2-7,10H2,1H3. The molecule has 0 fully saturated rings. The highest BCUT2D eigenvalue weighted by atomic mass is 32.1. The first-order chi connectivity index (χ1) is 7.88. The van der Waals surface area contributed by atoms with Crippen molar-refractivity contribution in [1.82, 2.24) is 9.59 Å². The molecular formula is C9H18N4O2S. The topological polar surface area (TPSA) is 82.3 Å². The van der Waals surface area contributed by atoms with E-state index in [0.717, 1.165) is 30.1 Å². The van der Waals surface area contributed by atoms with Crippen LogP contribution in [0.25, 0.3) is 0 Å². The molecule has 6 nitrogen and oxygen atoms in total. The summed E-state index contributed by atoms with van der Waals surface area (Å²) >= 11 is 1.22. The minimum atomic E-state index is 0.410. The van der Waals surface area contributed by atoms with Crippen molar-refractivity contribution in [2.45, 2.75) is 26.4 Å². The highest BCUT2D eigenvalue weighted by Crippen LogP contribution is 2.16. The van der Waals surface area contributed by atoms with Crippen LogP contribution in [0.2, 0.25) is 0 Å². The summed E-state index contributed by atoms with van der Waals surface area (Å²) in [6, 6.07) is 0. The van der Waals surface area contributed by atoms with Crippen LogP contribution in [0.4, 0.5) is 5.00 Å². The van der Waals surface area contributed by atoms with Crippen LogP contribution in [-0.2, 0) is 16.1 Å². The molecule has 0 aliphatic heterocycles. The number of ether oxygens (including phenoxy) is 2. The van der Waals surface area contributed by atoms with Gasteiger partial charge >= 0.3 is 0 Å². The van der Waals surface area contributed by atoms with Gasteiger partial charge in [0.15, 0.2) is 0 Å². The second kappa shape index (κ2) is 8.40. The molecule has 0 unspecified atom stereocenters. The van der Waals surface area contributed by atoms with E-state index in [1.165, 1.54) is 11.5 Å². The Balaban J connectivity index is 2.03. The largest absolute Gasteiger partial charge is 0.379 e. The van der Waals surface area contributed by atoms with Crippen molar-refractivity contribution in [3.63, 3.8) is 0 Å². The molecule has 0 aromatic carbocycles. The van der Waals surface area contributed by atoms with Gasteiger partial charge in [0.1, 0.15) is 10.7 Å². The van der Waals surface area contributed by atoms with E-state index in [2.05, 4.69) is 21.9 Å². The van der Waals surface area contributed by atoms with E-state index >= 15 is 0 Å². The van der Waals surface area contributed by atoms with Crippen LogP contribution in [0.15, 0.2) is 0 Å². The van der Waals surface area contributed by atoms with Crippen LogP contribution < -0.4 is 11.3 Å². The first-order valence-corrected chi connectivity index (χ1v) is 6.09. The molecule has 1 aromatic rings. The van der Waals surface area contributed by atoms with Crippen molar-refractivity contribution >= 4 is 16.5 Å². The maximum absolute atomic E-state index is 5.38. The quantitative estimate of drug-likeness (QED) is 0.386. The average Bonchev–Trinajstić information content (AvgIpc) is 2.75. The fraction of sp³-hybridized carbons (Fsp3) is 0.778. The first kappa shape index (κ1) is 13.3. The Morgan fingerprint density at radius 1 is 1.31 bits per heavy atom. The summed E-state index contributed by atoms with van der Waals surface area (Å²) in [5.74, 6) is 5.28. The minimum absolute atomic E-state index is 0.410. The number of unbranched alkanes of at least 4 members (excludes halogenated alkanes) is 1. The molecule has 0 atom stereocenters. The number of aromatic nitrogens is 2. The van der Waals surface area contributed by atoms with Gasteiger partial charge in [0, 0.05) is 18.1 Å². The molecule has 1 heterocycles. The molecule has 0 saturated carbocycles. The average molecular weight is 246 g/mol. The molecular weight excluding hydrogens is 228 g/mol. The third kappa shape index (κ3) is 4.84. The molecule has 0 amide bonds. The van der Waals surface area contributed by atoms with Crippen molar-refractivity contribution in [1.29, 1.82) is 0 Å². The van der Waals surface area contributed by atoms with E-state index in [9.17, 15) is 0 Å². The molecule has 7 heteroatoms. The molecule has 3 N–H and O–H groups in total. The molecule has 1 aromatic heterocycles. The van der Waals surface area contributed by atoms with Gasteiger partial charge in [-0.25, -0.2) is 5.84 Å². The van der Waals surface area contributed by atoms with Gasteiger partial charge in [-0.05, 0) is 6.42 Å². The predicted molar refractivity (Wildman–Crippen MR) is 63.1 cm³/mol. The van der Waals surface area contributed by atoms with E-state index in [4.69, 9.17) is 15.3 Å². The number of nitrogen functional groups attached to an aromatic ring is 1. The van der Waals surface area contributed by atoms with E-state index in [1.54, 1.807) is 0 Å². The Labute approximate surface area is 99.3 Å². The lowest BCUT2D eigenvalue weighted by Gasteiger charge is -2.04. The van der Waals surface area contributed by atoms with E-state index in [1.807, 2.05) is 0 Å². The second-order valence-electron chi connectivity index (χ2n) is 3.21. The molecule has 0 radical (unpaired) electrons. The third-order valence-electron chi connectivity index (χ3n) is 1.94. The molecule has 0 bridgehead atoms. The molecule has 1 rings (SSSR count). The van der Waals surface area contributed by atoms with Gasteiger partial charge in [0.25, 0.3) is 0 Å². The lowest BCUT2D eigenvalue weighted by atomic mass is 10.4. The van der Waals surface area contributed by atoms with Crippen molar-refractivity contribution in [3.05, 3.63) is 5.69 Å². The Kier molecular flexibility index (Phi) is 6.98. The summed E-state index contributed by atoms with van der Waals surface area (Å²) in [7, 11) is 0. The summed E-state index contributed by atoms with van der Waals surface area (Å²) in [5.41, 5.74) is 3.26. The number of hydrogen-bond donors (Lipinski definition) is 2. The molecule has 0 saturated heterocycles. The number of nitrogens with zero attached hydrogens (tertiary/aromatic N) is 2. The normalized spacial score (nSPS) is 10.6. The van der Waals surface area contributed by atoms with Crippen LogP contribution in [0.3, 0.4) is 0 Å². The Hall–Kier alpha value is -0.760. The third-order valence-corrected chi connectivity index (χ3v) is 2.64. The molecule has 92 valence electrons. The van der Waals surface area contributed by atoms with Crippen LogP contribution in [-0.4, -0.2) is 29.4 Å². The van der Waals surface area contributed by atoms with Crippen LogP contribution in [0.5, 0.6) is 0 Å². The minimum Gasteiger partial charge on any atom is -0.379 e. The Bertz CT molecular complexity index is 282. The van der Waals surface area contributed by atoms with E-state index in [-0.39, 0.29) is 0 Å². The van der Waals surface area contributed by atoms with E-state index in [0.29, 0.717) is 19.8 Å². The van der Waals surface area contributed by atoms with Gasteiger partial charge in [0.05, 0.1) is 19.8 Å². The summed E-state index contributed by atoms with van der Waals surface area (Å²) < 4.78 is 14.5. The van der Waals surface area contributed by atoms with Gasteiger partial charge in [-0.15, -0.1) is 5.10 Å². The fourth-order valence-corrected chi connectivity index (χ4v) is 1.53. The predicted octanol–water partition coefficient (Wildman–Crippen LogP) is 1.16. The van der Waals surface area contributed by atoms with Gasteiger partial charge in [-0.1, -0.05) is 17.8 Å². The molecule has 0 aliphatic carbocycles. The van der Waals surface area contributed by atoms with Crippen LogP contribution in [0.1, 0.15) is 25.5 Å². The van der Waals surface area contributed by atoms with Crippen LogP contribution in [0, 0.1) is 0 Å². The Morgan fingerprint density at radius 3 is 2.88 bits per heavy atom. The van der Waals surface area contributed by atoms with E-state index < -0.39 is 0 Å². The lowest BCUT2D eigenvalue weighted by molar-refractivity contribution is 0.0387. The van der Waals surface area contributed by atoms with Gasteiger partial charge in [-0.2, -0.15) is 0 Å². The molecule has 16 heavy (non-hydrogen) atoms. The van der Waals surface area contributed by atoms with Gasteiger partial charge in [0.2, 0.25) is 0 Å². The number of hydrazine groups is 1. The monoisotopic (exact) mass is 246 g/mol. The summed E-state index contributed by atoms with van der Waals surface area (Å²) in [5, 5.41) is 4.64.